The Labute approximate surface area is 164 Å². The molecule has 9 nitrogen and oxygen atoms in total. The minimum atomic E-state index is -3.67. The summed E-state index contributed by atoms with van der Waals surface area (Å²) in [5.74, 6) is -0.513. The number of carbonyl (C=O) groups is 2. The largest absolute Gasteiger partial charge is 0.496 e. The first-order valence-corrected chi connectivity index (χ1v) is 10.6. The number of hydrogen-bond donors (Lipinski definition) is 0. The van der Waals surface area contributed by atoms with Crippen LogP contribution in [0.1, 0.15) is 5.56 Å². The Hall–Kier alpha value is -2.17. The number of morpholine rings is 1. The summed E-state index contributed by atoms with van der Waals surface area (Å²) in [4.78, 5) is 27.9. The lowest BCUT2D eigenvalue weighted by Crippen LogP contribution is -2.55. The Bertz CT molecular complexity index is 843. The van der Waals surface area contributed by atoms with Crippen molar-refractivity contribution >= 4 is 21.8 Å². The Morgan fingerprint density at radius 2 is 1.54 bits per heavy atom. The fourth-order valence-corrected chi connectivity index (χ4v) is 4.84. The molecule has 2 amide bonds. The molecule has 2 fully saturated rings. The van der Waals surface area contributed by atoms with E-state index >= 15 is 0 Å². The van der Waals surface area contributed by atoms with Crippen molar-refractivity contribution < 1.29 is 27.5 Å². The van der Waals surface area contributed by atoms with Crippen LogP contribution >= 0.6 is 0 Å². The zero-order valence-corrected chi connectivity index (χ0v) is 16.9. The molecule has 0 N–H and O–H groups in total. The molecule has 0 aromatic heterocycles. The molecule has 28 heavy (non-hydrogen) atoms. The predicted molar refractivity (Wildman–Crippen MR) is 100 cm³/mol. The third kappa shape index (κ3) is 4.13. The molecular formula is C18H25N3O6S. The lowest BCUT2D eigenvalue weighted by atomic mass is 10.2. The number of benzene rings is 1. The van der Waals surface area contributed by atoms with Gasteiger partial charge in [0.1, 0.15) is 5.75 Å². The van der Waals surface area contributed by atoms with Crippen molar-refractivity contribution in [1.82, 2.24) is 14.1 Å². The van der Waals surface area contributed by atoms with Crippen LogP contribution in [-0.2, 0) is 24.3 Å². The van der Waals surface area contributed by atoms with Gasteiger partial charge in [-0.25, -0.2) is 8.42 Å². The molecule has 0 saturated carbocycles. The first-order valence-electron chi connectivity index (χ1n) is 9.15. The van der Waals surface area contributed by atoms with E-state index in [0.29, 0.717) is 32.1 Å². The number of aryl methyl sites for hydroxylation is 1. The molecule has 0 spiro atoms. The number of nitrogens with zero attached hydrogens (tertiary/aromatic N) is 3. The number of methoxy groups -OCH3 is 1. The molecule has 2 aliphatic rings. The van der Waals surface area contributed by atoms with Crippen molar-refractivity contribution in [2.75, 3.05) is 59.6 Å². The second kappa shape index (κ2) is 8.46. The van der Waals surface area contributed by atoms with Crippen LogP contribution in [0.3, 0.4) is 0 Å². The number of rotatable bonds is 3. The zero-order chi connectivity index (χ0) is 20.3. The van der Waals surface area contributed by atoms with Gasteiger partial charge >= 0.3 is 11.8 Å². The maximum atomic E-state index is 12.9. The maximum absolute atomic E-state index is 12.9. The van der Waals surface area contributed by atoms with Crippen molar-refractivity contribution in [3.05, 3.63) is 23.8 Å². The molecule has 0 unspecified atom stereocenters. The summed E-state index contributed by atoms with van der Waals surface area (Å²) in [6, 6.07) is 4.72. The fraction of sp³-hybridized carbons (Fsp3) is 0.556. The number of carbonyl (C=O) groups excluding carboxylic acids is 2. The summed E-state index contributed by atoms with van der Waals surface area (Å²) >= 11 is 0. The summed E-state index contributed by atoms with van der Waals surface area (Å²) in [5, 5.41) is 0. The lowest BCUT2D eigenvalue weighted by molar-refractivity contribution is -0.154. The van der Waals surface area contributed by atoms with Crippen LogP contribution < -0.4 is 4.74 Å². The second-order valence-electron chi connectivity index (χ2n) is 6.73. The summed E-state index contributed by atoms with van der Waals surface area (Å²) in [5.41, 5.74) is 0.730. The maximum Gasteiger partial charge on any atom is 0.312 e. The zero-order valence-electron chi connectivity index (χ0n) is 16.1. The molecule has 10 heteroatoms. The molecule has 154 valence electrons. The summed E-state index contributed by atoms with van der Waals surface area (Å²) < 4.78 is 37.5. The van der Waals surface area contributed by atoms with Gasteiger partial charge in [-0.2, -0.15) is 4.31 Å². The highest BCUT2D eigenvalue weighted by molar-refractivity contribution is 7.89. The number of piperazine rings is 1. The van der Waals surface area contributed by atoms with Gasteiger partial charge < -0.3 is 19.3 Å². The molecule has 1 aromatic carbocycles. The summed E-state index contributed by atoms with van der Waals surface area (Å²) in [7, 11) is -2.14. The van der Waals surface area contributed by atoms with Crippen LogP contribution in [0.4, 0.5) is 0 Å². The second-order valence-corrected chi connectivity index (χ2v) is 8.67. The van der Waals surface area contributed by atoms with Gasteiger partial charge in [0.15, 0.2) is 0 Å². The van der Waals surface area contributed by atoms with E-state index < -0.39 is 21.8 Å². The lowest BCUT2D eigenvalue weighted by Gasteiger charge is -2.35. The number of ether oxygens (including phenoxy) is 2. The molecule has 3 rings (SSSR count). The van der Waals surface area contributed by atoms with Crippen LogP contribution in [0.15, 0.2) is 23.1 Å². The number of amides is 2. The molecular weight excluding hydrogens is 386 g/mol. The Kier molecular flexibility index (Phi) is 6.21. The van der Waals surface area contributed by atoms with Gasteiger partial charge in [-0.1, -0.05) is 0 Å². The van der Waals surface area contributed by atoms with E-state index in [-0.39, 0.29) is 31.1 Å². The summed E-state index contributed by atoms with van der Waals surface area (Å²) in [6.45, 7) is 4.09. The van der Waals surface area contributed by atoms with Crippen LogP contribution in [0, 0.1) is 6.92 Å². The quantitative estimate of drug-likeness (QED) is 0.634. The third-order valence-electron chi connectivity index (χ3n) is 5.01. The van der Waals surface area contributed by atoms with Crippen molar-refractivity contribution in [3.8, 4) is 5.75 Å². The van der Waals surface area contributed by atoms with Crippen LogP contribution in [0.5, 0.6) is 5.75 Å². The molecule has 0 aliphatic carbocycles. The number of sulfonamides is 1. The highest BCUT2D eigenvalue weighted by atomic mass is 32.2. The Morgan fingerprint density at radius 3 is 2.07 bits per heavy atom. The van der Waals surface area contributed by atoms with Crippen molar-refractivity contribution in [2.45, 2.75) is 11.8 Å². The highest BCUT2D eigenvalue weighted by Gasteiger charge is 2.34. The molecule has 2 saturated heterocycles. The first kappa shape index (κ1) is 20.6. The monoisotopic (exact) mass is 411 g/mol. The SMILES string of the molecule is COc1ccc(S(=O)(=O)N2CCN(C(=O)C(=O)N3CCOCC3)CC2)cc1C. The van der Waals surface area contributed by atoms with E-state index in [1.807, 2.05) is 0 Å². The van der Waals surface area contributed by atoms with Gasteiger partial charge in [0, 0.05) is 39.3 Å². The van der Waals surface area contributed by atoms with Crippen molar-refractivity contribution in [2.24, 2.45) is 0 Å². The highest BCUT2D eigenvalue weighted by Crippen LogP contribution is 2.24. The molecule has 2 heterocycles. The van der Waals surface area contributed by atoms with Gasteiger partial charge in [-0.15, -0.1) is 0 Å². The Balaban J connectivity index is 1.63. The van der Waals surface area contributed by atoms with Gasteiger partial charge in [0.05, 0.1) is 25.2 Å². The first-order chi connectivity index (χ1) is 13.3. The van der Waals surface area contributed by atoms with Gasteiger partial charge in [0.25, 0.3) is 0 Å². The van der Waals surface area contributed by atoms with Crippen LogP contribution in [0.25, 0.3) is 0 Å². The third-order valence-corrected chi connectivity index (χ3v) is 6.91. The van der Waals surface area contributed by atoms with E-state index in [0.717, 1.165) is 5.56 Å². The fourth-order valence-electron chi connectivity index (χ4n) is 3.33. The van der Waals surface area contributed by atoms with Gasteiger partial charge in [0.2, 0.25) is 10.0 Å². The van der Waals surface area contributed by atoms with Crippen LogP contribution in [-0.4, -0.2) is 93.9 Å². The topological polar surface area (TPSA) is 96.5 Å². The Morgan fingerprint density at radius 1 is 0.964 bits per heavy atom. The molecule has 1 aromatic rings. The average Bonchev–Trinajstić information content (AvgIpc) is 2.73. The molecule has 0 bridgehead atoms. The van der Waals surface area contributed by atoms with E-state index in [2.05, 4.69) is 0 Å². The summed E-state index contributed by atoms with van der Waals surface area (Å²) in [6.07, 6.45) is 0. The van der Waals surface area contributed by atoms with Crippen molar-refractivity contribution in [3.63, 3.8) is 0 Å². The van der Waals surface area contributed by atoms with Gasteiger partial charge in [-0.05, 0) is 30.7 Å². The van der Waals surface area contributed by atoms with Crippen molar-refractivity contribution in [1.29, 1.82) is 0 Å². The van der Waals surface area contributed by atoms with E-state index in [1.54, 1.807) is 19.1 Å². The smallest absolute Gasteiger partial charge is 0.312 e. The van der Waals surface area contributed by atoms with E-state index in [9.17, 15) is 18.0 Å². The standard InChI is InChI=1S/C18H25N3O6S/c1-14-13-15(3-4-16(14)26-2)28(24,25)21-7-5-19(6-8-21)17(22)18(23)20-9-11-27-12-10-20/h3-4,13H,5-12H2,1-2H3. The normalized spacial score (nSPS) is 18.8. The average molecular weight is 411 g/mol. The van der Waals surface area contributed by atoms with E-state index in [1.165, 1.54) is 27.3 Å². The number of hydrogen-bond acceptors (Lipinski definition) is 6. The van der Waals surface area contributed by atoms with Gasteiger partial charge in [-0.3, -0.25) is 9.59 Å². The predicted octanol–water partition coefficient (Wildman–Crippen LogP) is -0.305. The minimum absolute atomic E-state index is 0.148. The van der Waals surface area contributed by atoms with Crippen LogP contribution in [0.2, 0.25) is 0 Å². The molecule has 0 radical (unpaired) electrons. The minimum Gasteiger partial charge on any atom is -0.496 e. The molecule has 0 atom stereocenters. The molecule has 2 aliphatic heterocycles. The van der Waals surface area contributed by atoms with E-state index in [4.69, 9.17) is 9.47 Å².